The van der Waals surface area contributed by atoms with E-state index in [0.29, 0.717) is 28.6 Å². The van der Waals surface area contributed by atoms with Gasteiger partial charge in [0.1, 0.15) is 17.0 Å². The van der Waals surface area contributed by atoms with Gasteiger partial charge in [0.15, 0.2) is 11.5 Å². The summed E-state index contributed by atoms with van der Waals surface area (Å²) in [5.74, 6) is 1.52. The third kappa shape index (κ3) is 2.78. The van der Waals surface area contributed by atoms with Crippen LogP contribution in [0.25, 0.3) is 11.0 Å². The molecule has 3 aromatic rings. The molecule has 0 aliphatic rings. The number of aromatic nitrogens is 4. The van der Waals surface area contributed by atoms with Crippen LogP contribution in [-0.4, -0.2) is 45.2 Å². The van der Waals surface area contributed by atoms with Gasteiger partial charge in [0.25, 0.3) is 0 Å². The molecular formula is C15H17N7O. The monoisotopic (exact) mass is 311 g/mol. The Morgan fingerprint density at radius 1 is 1.22 bits per heavy atom. The van der Waals surface area contributed by atoms with Crippen LogP contribution in [0.1, 0.15) is 5.56 Å². The second kappa shape index (κ2) is 5.56. The number of phenols is 1. The SMILES string of the molecule is CN(C)c1nc(N)c2c(N=Cc3ccc(O)cc3)nn(C)c2n1. The Morgan fingerprint density at radius 3 is 2.57 bits per heavy atom. The summed E-state index contributed by atoms with van der Waals surface area (Å²) in [6.07, 6.45) is 1.65. The molecule has 8 nitrogen and oxygen atoms in total. The molecule has 0 unspecified atom stereocenters. The molecule has 0 saturated heterocycles. The van der Waals surface area contributed by atoms with Gasteiger partial charge in [0.05, 0.1) is 0 Å². The minimum absolute atomic E-state index is 0.208. The number of nitrogen functional groups attached to an aromatic ring is 1. The Balaban J connectivity index is 2.06. The highest BCUT2D eigenvalue weighted by Crippen LogP contribution is 2.29. The highest BCUT2D eigenvalue weighted by molar-refractivity contribution is 5.97. The molecule has 0 bridgehead atoms. The highest BCUT2D eigenvalue weighted by Gasteiger charge is 2.15. The second-order valence-corrected chi connectivity index (χ2v) is 5.30. The number of hydrogen-bond donors (Lipinski definition) is 2. The quantitative estimate of drug-likeness (QED) is 0.710. The van der Waals surface area contributed by atoms with E-state index in [-0.39, 0.29) is 5.75 Å². The van der Waals surface area contributed by atoms with Crippen molar-refractivity contribution in [3.05, 3.63) is 29.8 Å². The standard InChI is InChI=1S/C15H17N7O/c1-21(2)15-18-12(16)11-13(20-22(3)14(11)19-15)17-8-9-4-6-10(23)7-5-9/h4-8,23H,1-3H3,(H2,16,18,19). The Bertz CT molecular complexity index is 881. The molecule has 118 valence electrons. The molecule has 3 rings (SSSR count). The van der Waals surface area contributed by atoms with Gasteiger partial charge in [-0.1, -0.05) is 0 Å². The van der Waals surface area contributed by atoms with E-state index in [1.165, 1.54) is 0 Å². The van der Waals surface area contributed by atoms with Crippen LogP contribution in [-0.2, 0) is 7.05 Å². The van der Waals surface area contributed by atoms with Crippen molar-refractivity contribution < 1.29 is 5.11 Å². The summed E-state index contributed by atoms with van der Waals surface area (Å²) in [4.78, 5) is 14.9. The van der Waals surface area contributed by atoms with Crippen molar-refractivity contribution in [2.24, 2.45) is 12.0 Å². The van der Waals surface area contributed by atoms with Crippen LogP contribution in [0.5, 0.6) is 5.75 Å². The fraction of sp³-hybridized carbons (Fsp3) is 0.200. The lowest BCUT2D eigenvalue weighted by Gasteiger charge is -2.10. The van der Waals surface area contributed by atoms with Crippen molar-refractivity contribution >= 4 is 34.8 Å². The number of rotatable bonds is 3. The van der Waals surface area contributed by atoms with Gasteiger partial charge >= 0.3 is 0 Å². The number of fused-ring (bicyclic) bond motifs is 1. The second-order valence-electron chi connectivity index (χ2n) is 5.30. The minimum Gasteiger partial charge on any atom is -0.508 e. The van der Waals surface area contributed by atoms with E-state index < -0.39 is 0 Å². The lowest BCUT2D eigenvalue weighted by molar-refractivity contribution is 0.475. The zero-order chi connectivity index (χ0) is 16.6. The van der Waals surface area contributed by atoms with E-state index in [1.54, 1.807) is 47.1 Å². The van der Waals surface area contributed by atoms with Crippen molar-refractivity contribution in [2.45, 2.75) is 0 Å². The first kappa shape index (κ1) is 14.8. The van der Waals surface area contributed by atoms with Gasteiger partial charge in [-0.3, -0.25) is 0 Å². The molecule has 1 aromatic carbocycles. The Morgan fingerprint density at radius 2 is 1.91 bits per heavy atom. The maximum Gasteiger partial charge on any atom is 0.228 e. The number of benzene rings is 1. The molecule has 0 radical (unpaired) electrons. The zero-order valence-electron chi connectivity index (χ0n) is 13.1. The van der Waals surface area contributed by atoms with E-state index >= 15 is 0 Å². The third-order valence-electron chi connectivity index (χ3n) is 3.31. The molecule has 0 fully saturated rings. The van der Waals surface area contributed by atoms with Crippen LogP contribution in [0.15, 0.2) is 29.3 Å². The van der Waals surface area contributed by atoms with E-state index in [0.717, 1.165) is 5.56 Å². The molecule has 0 amide bonds. The maximum atomic E-state index is 9.30. The molecule has 0 spiro atoms. The molecule has 0 saturated carbocycles. The average Bonchev–Trinajstić information content (AvgIpc) is 2.83. The number of phenolic OH excluding ortho intramolecular Hbond substituents is 1. The number of nitrogens with two attached hydrogens (primary N) is 1. The summed E-state index contributed by atoms with van der Waals surface area (Å²) in [6, 6.07) is 6.71. The largest absolute Gasteiger partial charge is 0.508 e. The Kier molecular flexibility index (Phi) is 3.57. The van der Waals surface area contributed by atoms with Crippen LogP contribution < -0.4 is 10.6 Å². The smallest absolute Gasteiger partial charge is 0.228 e. The normalized spacial score (nSPS) is 11.4. The summed E-state index contributed by atoms with van der Waals surface area (Å²) < 4.78 is 1.63. The zero-order valence-corrected chi connectivity index (χ0v) is 13.1. The van der Waals surface area contributed by atoms with Gasteiger partial charge in [-0.15, -0.1) is 0 Å². The summed E-state index contributed by atoms with van der Waals surface area (Å²) in [7, 11) is 5.48. The van der Waals surface area contributed by atoms with E-state index in [9.17, 15) is 5.11 Å². The first-order chi connectivity index (χ1) is 11.0. The fourth-order valence-electron chi connectivity index (χ4n) is 2.13. The summed E-state index contributed by atoms with van der Waals surface area (Å²) in [5.41, 5.74) is 7.52. The third-order valence-corrected chi connectivity index (χ3v) is 3.31. The van der Waals surface area contributed by atoms with E-state index in [4.69, 9.17) is 5.73 Å². The summed E-state index contributed by atoms with van der Waals surface area (Å²) in [6.45, 7) is 0. The minimum atomic E-state index is 0.208. The Labute approximate surface area is 132 Å². The number of aromatic hydroxyl groups is 1. The first-order valence-electron chi connectivity index (χ1n) is 6.96. The highest BCUT2D eigenvalue weighted by atomic mass is 16.3. The van der Waals surface area contributed by atoms with Crippen molar-refractivity contribution in [3.63, 3.8) is 0 Å². The molecular weight excluding hydrogens is 294 g/mol. The fourth-order valence-corrected chi connectivity index (χ4v) is 2.13. The predicted molar refractivity (Wildman–Crippen MR) is 90.4 cm³/mol. The van der Waals surface area contributed by atoms with Crippen LogP contribution in [0.2, 0.25) is 0 Å². The molecule has 0 aliphatic heterocycles. The van der Waals surface area contributed by atoms with Crippen molar-refractivity contribution in [1.29, 1.82) is 0 Å². The molecule has 0 aliphatic carbocycles. The average molecular weight is 311 g/mol. The molecule has 2 heterocycles. The molecule has 8 heteroatoms. The number of hydrogen-bond acceptors (Lipinski definition) is 7. The lowest BCUT2D eigenvalue weighted by Crippen LogP contribution is -2.14. The molecule has 0 atom stereocenters. The van der Waals surface area contributed by atoms with Gasteiger partial charge in [0, 0.05) is 27.4 Å². The molecule has 23 heavy (non-hydrogen) atoms. The summed E-state index contributed by atoms with van der Waals surface area (Å²) in [5, 5.41) is 14.3. The van der Waals surface area contributed by atoms with Gasteiger partial charge in [-0.05, 0) is 29.8 Å². The Hall–Kier alpha value is -3.16. The van der Waals surface area contributed by atoms with E-state index in [1.807, 2.05) is 14.1 Å². The van der Waals surface area contributed by atoms with Gasteiger partial charge in [0.2, 0.25) is 5.95 Å². The number of aliphatic imine (C=N–C) groups is 1. The van der Waals surface area contributed by atoms with Gasteiger partial charge in [-0.2, -0.15) is 15.1 Å². The lowest BCUT2D eigenvalue weighted by atomic mass is 10.2. The maximum absolute atomic E-state index is 9.30. The van der Waals surface area contributed by atoms with Crippen molar-refractivity contribution in [3.8, 4) is 5.75 Å². The van der Waals surface area contributed by atoms with Crippen LogP contribution in [0.4, 0.5) is 17.6 Å². The van der Waals surface area contributed by atoms with Crippen molar-refractivity contribution in [1.82, 2.24) is 19.7 Å². The molecule has 2 aromatic heterocycles. The van der Waals surface area contributed by atoms with Crippen LogP contribution in [0, 0.1) is 0 Å². The number of nitrogens with zero attached hydrogens (tertiary/aromatic N) is 6. The number of aryl methyl sites for hydroxylation is 1. The summed E-state index contributed by atoms with van der Waals surface area (Å²) >= 11 is 0. The first-order valence-corrected chi connectivity index (χ1v) is 6.96. The van der Waals surface area contributed by atoms with Crippen molar-refractivity contribution in [2.75, 3.05) is 24.7 Å². The van der Waals surface area contributed by atoms with E-state index in [2.05, 4.69) is 20.1 Å². The van der Waals surface area contributed by atoms with Crippen LogP contribution >= 0.6 is 0 Å². The predicted octanol–water partition coefficient (Wildman–Crippen LogP) is 1.47. The van der Waals surface area contributed by atoms with Gasteiger partial charge in [-0.25, -0.2) is 9.67 Å². The topological polar surface area (TPSA) is 105 Å². The van der Waals surface area contributed by atoms with Crippen LogP contribution in [0.3, 0.4) is 0 Å². The number of anilines is 2. The van der Waals surface area contributed by atoms with Gasteiger partial charge < -0.3 is 15.7 Å². The molecule has 3 N–H and O–H groups in total.